The van der Waals surface area contributed by atoms with Crippen molar-refractivity contribution in [2.24, 2.45) is 5.92 Å². The summed E-state index contributed by atoms with van der Waals surface area (Å²) in [5, 5.41) is 13.6. The van der Waals surface area contributed by atoms with Gasteiger partial charge in [0.05, 0.1) is 11.4 Å². The van der Waals surface area contributed by atoms with E-state index in [4.69, 9.17) is 5.41 Å². The van der Waals surface area contributed by atoms with Crippen LogP contribution in [0, 0.1) is 17.1 Å². The van der Waals surface area contributed by atoms with Gasteiger partial charge in [-0.15, -0.1) is 4.72 Å². The molecular formula is C33H34F4N6O2S. The van der Waals surface area contributed by atoms with Gasteiger partial charge in [-0.25, -0.2) is 9.07 Å². The number of carbonyl (C=O) groups excluding carboxylic acids is 1. The second-order valence-electron chi connectivity index (χ2n) is 12.3. The van der Waals surface area contributed by atoms with Crippen LogP contribution in [0.2, 0.25) is 0 Å². The first-order valence-corrected chi connectivity index (χ1v) is 15.9. The van der Waals surface area contributed by atoms with Crippen LogP contribution in [0.4, 0.5) is 23.2 Å². The van der Waals surface area contributed by atoms with E-state index in [-0.39, 0.29) is 11.4 Å². The second-order valence-corrected chi connectivity index (χ2v) is 14.3. The molecule has 46 heavy (non-hydrogen) atoms. The van der Waals surface area contributed by atoms with Crippen molar-refractivity contribution in [2.75, 3.05) is 5.32 Å². The smallest absolute Gasteiger partial charge is 0.435 e. The minimum absolute atomic E-state index is 0.111. The molecule has 2 heterocycles. The van der Waals surface area contributed by atoms with E-state index in [1.54, 1.807) is 30.6 Å². The van der Waals surface area contributed by atoms with Crippen molar-refractivity contribution in [1.82, 2.24) is 19.5 Å². The molecule has 1 aliphatic carbocycles. The molecule has 0 spiro atoms. The van der Waals surface area contributed by atoms with Gasteiger partial charge in [0.2, 0.25) is 0 Å². The molecule has 1 fully saturated rings. The number of nitrogens with one attached hydrogen (secondary N) is 3. The molecule has 1 unspecified atom stereocenters. The van der Waals surface area contributed by atoms with Crippen LogP contribution in [0.25, 0.3) is 5.69 Å². The zero-order valence-corrected chi connectivity index (χ0v) is 26.3. The highest BCUT2D eigenvalue weighted by molar-refractivity contribution is 7.90. The molecule has 2 atom stereocenters. The Bertz CT molecular complexity index is 1720. The van der Waals surface area contributed by atoms with Crippen LogP contribution in [0.3, 0.4) is 0 Å². The second kappa shape index (κ2) is 13.0. The molecule has 4 aromatic rings. The SMILES string of the molecule is CC(C)(C)[S@@+]([O-])NC(CCC1CC1)(c1cccnc1)c1ccc(F)c(NC(=O)c2cc(C(F)(F)F)nn2-c2cccc(C=N)c2)c1. The number of halogens is 4. The predicted octanol–water partition coefficient (Wildman–Crippen LogP) is 7.16. The third-order valence-electron chi connectivity index (χ3n) is 7.82. The Morgan fingerprint density at radius 1 is 1.09 bits per heavy atom. The Labute approximate surface area is 267 Å². The maximum absolute atomic E-state index is 15.4. The lowest BCUT2D eigenvalue weighted by atomic mass is 9.80. The number of nitrogens with zero attached hydrogens (tertiary/aromatic N) is 3. The van der Waals surface area contributed by atoms with Gasteiger partial charge >= 0.3 is 6.18 Å². The summed E-state index contributed by atoms with van der Waals surface area (Å²) in [6.45, 7) is 5.49. The normalized spacial score (nSPS) is 15.7. The number of amides is 1. The lowest BCUT2D eigenvalue weighted by Gasteiger charge is -2.38. The summed E-state index contributed by atoms with van der Waals surface area (Å²) < 4.78 is 73.7. The molecular weight excluding hydrogens is 620 g/mol. The van der Waals surface area contributed by atoms with E-state index < -0.39 is 50.9 Å². The molecule has 5 rings (SSSR count). The minimum Gasteiger partial charge on any atom is -0.598 e. The van der Waals surface area contributed by atoms with Crippen LogP contribution in [0.1, 0.15) is 79.3 Å². The molecule has 2 aromatic heterocycles. The van der Waals surface area contributed by atoms with E-state index in [9.17, 15) is 22.5 Å². The standard InChI is InChI=1S/C33H34F4N6O2S/c1-31(2,3)46(45)42-32(14-13-21-9-10-21,24-7-5-15-39-20-24)23-11-12-26(34)27(17-23)40-30(44)28-18-29(33(35,36)37)41-43(28)25-8-4-6-22(16-25)19-38/h4-8,11-12,15-21,38,42H,9-10,13-14H2,1-3H3,(H,40,44)/t32?,46-/m1/s1. The minimum atomic E-state index is -4.86. The number of hydrogen-bond acceptors (Lipinski definition) is 6. The van der Waals surface area contributed by atoms with E-state index in [1.807, 2.05) is 26.8 Å². The highest BCUT2D eigenvalue weighted by Crippen LogP contribution is 2.43. The summed E-state index contributed by atoms with van der Waals surface area (Å²) >= 11 is -1.58. The summed E-state index contributed by atoms with van der Waals surface area (Å²) in [5.74, 6) is -1.35. The quantitative estimate of drug-likeness (QED) is 0.0901. The van der Waals surface area contributed by atoms with E-state index >= 15 is 4.39 Å². The average molecular weight is 655 g/mol. The Balaban J connectivity index is 1.58. The van der Waals surface area contributed by atoms with E-state index in [2.05, 4.69) is 20.1 Å². The van der Waals surface area contributed by atoms with Crippen LogP contribution in [0.5, 0.6) is 0 Å². The van der Waals surface area contributed by atoms with Gasteiger partial charge in [-0.2, -0.15) is 18.3 Å². The molecule has 0 saturated heterocycles. The van der Waals surface area contributed by atoms with Gasteiger partial charge in [0, 0.05) is 36.0 Å². The van der Waals surface area contributed by atoms with Crippen LogP contribution in [-0.2, 0) is 23.1 Å². The van der Waals surface area contributed by atoms with Gasteiger partial charge in [0.15, 0.2) is 5.69 Å². The number of rotatable bonds is 11. The van der Waals surface area contributed by atoms with Crippen molar-refractivity contribution in [3.8, 4) is 5.69 Å². The molecule has 13 heteroatoms. The summed E-state index contributed by atoms with van der Waals surface area (Å²) in [4.78, 5) is 17.9. The fourth-order valence-corrected chi connectivity index (χ4v) is 6.04. The Morgan fingerprint density at radius 3 is 2.48 bits per heavy atom. The summed E-state index contributed by atoms with van der Waals surface area (Å²) in [6, 6.07) is 14.3. The molecule has 242 valence electrons. The van der Waals surface area contributed by atoms with Gasteiger partial charge in [0.1, 0.15) is 21.8 Å². The van der Waals surface area contributed by atoms with Crippen molar-refractivity contribution in [2.45, 2.75) is 62.9 Å². The molecule has 1 aliphatic rings. The monoisotopic (exact) mass is 654 g/mol. The maximum Gasteiger partial charge on any atom is 0.435 e. The van der Waals surface area contributed by atoms with Gasteiger partial charge in [-0.3, -0.25) is 9.78 Å². The van der Waals surface area contributed by atoms with Crippen LogP contribution >= 0.6 is 0 Å². The lowest BCUT2D eigenvalue weighted by Crippen LogP contribution is -2.52. The highest BCUT2D eigenvalue weighted by atomic mass is 32.2. The number of alkyl halides is 3. The molecule has 8 nitrogen and oxygen atoms in total. The fourth-order valence-electron chi connectivity index (χ4n) is 5.08. The number of aromatic nitrogens is 3. The number of carbonyl (C=O) groups is 1. The molecule has 2 aromatic carbocycles. The predicted molar refractivity (Wildman–Crippen MR) is 169 cm³/mol. The van der Waals surface area contributed by atoms with Crippen LogP contribution in [0.15, 0.2) is 73.1 Å². The maximum atomic E-state index is 15.4. The van der Waals surface area contributed by atoms with Crippen molar-refractivity contribution in [3.63, 3.8) is 0 Å². The van der Waals surface area contributed by atoms with Crippen molar-refractivity contribution < 1.29 is 26.9 Å². The first kappa shape index (κ1) is 33.3. The number of pyridine rings is 1. The number of anilines is 1. The topological polar surface area (TPSA) is 119 Å². The summed E-state index contributed by atoms with van der Waals surface area (Å²) in [6.07, 6.45) is 2.86. The first-order valence-electron chi connectivity index (χ1n) is 14.7. The molecule has 1 amide bonds. The Kier molecular flexibility index (Phi) is 9.39. The molecule has 0 bridgehead atoms. The van der Waals surface area contributed by atoms with Gasteiger partial charge < -0.3 is 15.3 Å². The van der Waals surface area contributed by atoms with Crippen molar-refractivity contribution in [3.05, 3.63) is 107 Å². The Hall–Kier alpha value is -4.07. The van der Waals surface area contributed by atoms with Gasteiger partial charge in [-0.1, -0.05) is 37.1 Å². The highest BCUT2D eigenvalue weighted by Gasteiger charge is 2.44. The zero-order chi connectivity index (χ0) is 33.3. The molecule has 0 aliphatic heterocycles. The van der Waals surface area contributed by atoms with E-state index in [0.29, 0.717) is 35.1 Å². The van der Waals surface area contributed by atoms with E-state index in [0.717, 1.165) is 30.2 Å². The molecule has 0 radical (unpaired) electrons. The fraction of sp³-hybridized carbons (Fsp3) is 0.333. The molecule has 1 saturated carbocycles. The van der Waals surface area contributed by atoms with Crippen LogP contribution < -0.4 is 10.0 Å². The van der Waals surface area contributed by atoms with Gasteiger partial charge in [0.25, 0.3) is 5.91 Å². The third-order valence-corrected chi connectivity index (χ3v) is 9.47. The van der Waals surface area contributed by atoms with Crippen molar-refractivity contribution >= 4 is 29.2 Å². The van der Waals surface area contributed by atoms with Gasteiger partial charge in [-0.05, 0) is 86.6 Å². The number of benzene rings is 2. The summed E-state index contributed by atoms with van der Waals surface area (Å²) in [7, 11) is 0. The zero-order valence-electron chi connectivity index (χ0n) is 25.5. The van der Waals surface area contributed by atoms with Crippen LogP contribution in [-0.4, -0.2) is 36.2 Å². The summed E-state index contributed by atoms with van der Waals surface area (Å²) in [5.41, 5.74) is -1.49. The average Bonchev–Trinajstić information content (AvgIpc) is 3.73. The van der Waals surface area contributed by atoms with E-state index in [1.165, 1.54) is 30.3 Å². The third kappa shape index (κ3) is 7.32. The van der Waals surface area contributed by atoms with Crippen molar-refractivity contribution in [1.29, 1.82) is 5.41 Å². The Morgan fingerprint density at radius 2 is 1.85 bits per heavy atom. The largest absolute Gasteiger partial charge is 0.598 e. The molecule has 3 N–H and O–H groups in total. The lowest BCUT2D eigenvalue weighted by molar-refractivity contribution is -0.141. The number of hydrogen-bond donors (Lipinski definition) is 3. The first-order chi connectivity index (χ1) is 21.7.